The number of nitrogens with one attached hydrogen (secondary N) is 1. The topological polar surface area (TPSA) is 53.9 Å². The van der Waals surface area contributed by atoms with Crippen molar-refractivity contribution in [2.75, 3.05) is 23.3 Å². The van der Waals surface area contributed by atoms with E-state index in [1.165, 1.54) is 12.8 Å². The minimum atomic E-state index is 0.690. The Balaban J connectivity index is 1.57. The van der Waals surface area contributed by atoms with Crippen LogP contribution in [0, 0.1) is 0 Å². The average molecular weight is 340 g/mol. The van der Waals surface area contributed by atoms with Gasteiger partial charge in [-0.3, -0.25) is 15.0 Å². The lowest BCUT2D eigenvalue weighted by molar-refractivity contribution is 0.949. The Bertz CT molecular complexity index is 861. The van der Waals surface area contributed by atoms with Crippen molar-refractivity contribution < 1.29 is 0 Å². The van der Waals surface area contributed by atoms with E-state index in [0.717, 1.165) is 41.1 Å². The highest BCUT2D eigenvalue weighted by molar-refractivity contribution is 6.33. The molecule has 1 N–H and O–H groups in total. The average Bonchev–Trinajstić information content (AvgIpc) is 3.14. The molecule has 0 saturated carbocycles. The maximum absolute atomic E-state index is 6.41. The molecule has 0 radical (unpaired) electrons. The fourth-order valence-corrected chi connectivity index (χ4v) is 3.41. The molecule has 0 bridgehead atoms. The fourth-order valence-electron chi connectivity index (χ4n) is 3.14. The number of anilines is 2. The zero-order valence-electron chi connectivity index (χ0n) is 13.2. The van der Waals surface area contributed by atoms with Crippen molar-refractivity contribution in [1.29, 1.82) is 0 Å². The minimum Gasteiger partial charge on any atom is -0.378 e. The molecule has 0 aliphatic carbocycles. The molecule has 1 fully saturated rings. The first kappa shape index (κ1) is 15.1. The van der Waals surface area contributed by atoms with Gasteiger partial charge in [0.05, 0.1) is 33.6 Å². The van der Waals surface area contributed by atoms with Crippen LogP contribution in [0.15, 0.2) is 43.0 Å². The Morgan fingerprint density at radius 1 is 1.04 bits per heavy atom. The van der Waals surface area contributed by atoms with Crippen molar-refractivity contribution in [3.05, 3.63) is 53.6 Å². The molecule has 1 aromatic carbocycles. The lowest BCUT2D eigenvalue weighted by atomic mass is 10.2. The lowest BCUT2D eigenvalue weighted by Crippen LogP contribution is -2.20. The fraction of sp³-hybridized carbons (Fsp3) is 0.278. The first-order valence-corrected chi connectivity index (χ1v) is 8.51. The van der Waals surface area contributed by atoms with Crippen molar-refractivity contribution >= 4 is 34.0 Å². The summed E-state index contributed by atoms with van der Waals surface area (Å²) < 4.78 is 0. The highest BCUT2D eigenvalue weighted by Crippen LogP contribution is 2.35. The summed E-state index contributed by atoms with van der Waals surface area (Å²) in [5, 5.41) is 4.18. The van der Waals surface area contributed by atoms with Gasteiger partial charge in [-0.2, -0.15) is 0 Å². The van der Waals surface area contributed by atoms with E-state index in [9.17, 15) is 0 Å². The third-order valence-electron chi connectivity index (χ3n) is 4.31. The maximum Gasteiger partial charge on any atom is 0.0890 e. The maximum atomic E-state index is 6.41. The Labute approximate surface area is 145 Å². The van der Waals surface area contributed by atoms with Crippen molar-refractivity contribution in [1.82, 2.24) is 15.0 Å². The van der Waals surface area contributed by atoms with E-state index < -0.39 is 0 Å². The first-order chi connectivity index (χ1) is 11.8. The van der Waals surface area contributed by atoms with E-state index in [-0.39, 0.29) is 0 Å². The Morgan fingerprint density at radius 2 is 1.83 bits per heavy atom. The van der Waals surface area contributed by atoms with Gasteiger partial charge in [-0.1, -0.05) is 17.7 Å². The number of halogens is 1. The molecule has 3 heterocycles. The van der Waals surface area contributed by atoms with Crippen LogP contribution in [0.4, 0.5) is 11.4 Å². The molecule has 3 aromatic rings. The zero-order valence-corrected chi connectivity index (χ0v) is 14.0. The smallest absolute Gasteiger partial charge is 0.0890 e. The number of benzene rings is 1. The molecule has 1 aliphatic heterocycles. The standard InChI is InChI=1S/C18H18ClN5/c19-14-11-20-12-17(18(14)24-7-1-2-8-24)23-10-13-3-4-15-16(9-13)22-6-5-21-15/h3-6,9,11-12,23H,1-2,7-8,10H2. The number of nitrogens with zero attached hydrogens (tertiary/aromatic N) is 4. The zero-order chi connectivity index (χ0) is 16.4. The predicted molar refractivity (Wildman–Crippen MR) is 97.6 cm³/mol. The summed E-state index contributed by atoms with van der Waals surface area (Å²) >= 11 is 6.41. The van der Waals surface area contributed by atoms with Crippen LogP contribution >= 0.6 is 11.6 Å². The van der Waals surface area contributed by atoms with Crippen LogP contribution in [-0.2, 0) is 6.54 Å². The highest BCUT2D eigenvalue weighted by atomic mass is 35.5. The third-order valence-corrected chi connectivity index (χ3v) is 4.59. The summed E-state index contributed by atoms with van der Waals surface area (Å²) in [6, 6.07) is 6.12. The summed E-state index contributed by atoms with van der Waals surface area (Å²) in [6.07, 6.45) is 9.40. The number of hydrogen-bond donors (Lipinski definition) is 1. The van der Waals surface area contributed by atoms with Gasteiger partial charge in [-0.15, -0.1) is 0 Å². The van der Waals surface area contributed by atoms with E-state index in [1.807, 2.05) is 12.3 Å². The molecule has 1 aliphatic rings. The summed E-state index contributed by atoms with van der Waals surface area (Å²) in [4.78, 5) is 15.2. The summed E-state index contributed by atoms with van der Waals surface area (Å²) in [5.74, 6) is 0. The SMILES string of the molecule is Clc1cncc(NCc2ccc3nccnc3c2)c1N1CCCC1. The molecule has 0 amide bonds. The lowest BCUT2D eigenvalue weighted by Gasteiger charge is -2.23. The van der Waals surface area contributed by atoms with Crippen molar-refractivity contribution in [3.8, 4) is 0 Å². The van der Waals surface area contributed by atoms with Crippen molar-refractivity contribution in [3.63, 3.8) is 0 Å². The predicted octanol–water partition coefficient (Wildman–Crippen LogP) is 3.89. The van der Waals surface area contributed by atoms with Crippen LogP contribution in [0.3, 0.4) is 0 Å². The number of hydrogen-bond acceptors (Lipinski definition) is 5. The van der Waals surface area contributed by atoms with Crippen LogP contribution < -0.4 is 10.2 Å². The van der Waals surface area contributed by atoms with Crippen molar-refractivity contribution in [2.45, 2.75) is 19.4 Å². The summed E-state index contributed by atoms with van der Waals surface area (Å²) in [6.45, 7) is 2.78. The van der Waals surface area contributed by atoms with Gasteiger partial charge in [-0.05, 0) is 30.5 Å². The van der Waals surface area contributed by atoms with E-state index >= 15 is 0 Å². The van der Waals surface area contributed by atoms with Gasteiger partial charge >= 0.3 is 0 Å². The van der Waals surface area contributed by atoms with Gasteiger partial charge in [0.15, 0.2) is 0 Å². The van der Waals surface area contributed by atoms with Gasteiger partial charge in [0.2, 0.25) is 0 Å². The van der Waals surface area contributed by atoms with Crippen LogP contribution in [-0.4, -0.2) is 28.0 Å². The minimum absolute atomic E-state index is 0.690. The number of pyridine rings is 1. The molecule has 0 unspecified atom stereocenters. The molecule has 6 heteroatoms. The Hall–Kier alpha value is -2.40. The summed E-state index contributed by atoms with van der Waals surface area (Å²) in [7, 11) is 0. The second kappa shape index (κ2) is 6.61. The first-order valence-electron chi connectivity index (χ1n) is 8.13. The van der Waals surface area contributed by atoms with Gasteiger partial charge in [0.25, 0.3) is 0 Å². The molecule has 2 aromatic heterocycles. The molecule has 5 nitrogen and oxygen atoms in total. The molecule has 0 spiro atoms. The quantitative estimate of drug-likeness (QED) is 0.781. The van der Waals surface area contributed by atoms with Gasteiger partial charge in [0.1, 0.15) is 0 Å². The monoisotopic (exact) mass is 339 g/mol. The Kier molecular flexibility index (Phi) is 4.17. The molecule has 24 heavy (non-hydrogen) atoms. The Morgan fingerprint density at radius 3 is 2.67 bits per heavy atom. The van der Waals surface area contributed by atoms with Gasteiger partial charge in [-0.25, -0.2) is 0 Å². The van der Waals surface area contributed by atoms with Crippen LogP contribution in [0.2, 0.25) is 5.02 Å². The number of fused-ring (bicyclic) bond motifs is 1. The highest BCUT2D eigenvalue weighted by Gasteiger charge is 2.19. The molecular weight excluding hydrogens is 322 g/mol. The molecular formula is C18H18ClN5. The largest absolute Gasteiger partial charge is 0.378 e. The number of aromatic nitrogens is 3. The molecule has 122 valence electrons. The summed E-state index contributed by atoms with van der Waals surface area (Å²) in [5.41, 5.74) is 4.99. The second-order valence-electron chi connectivity index (χ2n) is 5.94. The van der Waals surface area contributed by atoms with Gasteiger partial charge < -0.3 is 10.2 Å². The second-order valence-corrected chi connectivity index (χ2v) is 6.35. The molecule has 0 atom stereocenters. The van der Waals surface area contributed by atoms with E-state index in [0.29, 0.717) is 11.6 Å². The normalized spacial score (nSPS) is 14.3. The van der Waals surface area contributed by atoms with Crippen molar-refractivity contribution in [2.24, 2.45) is 0 Å². The van der Waals surface area contributed by atoms with Crippen LogP contribution in [0.1, 0.15) is 18.4 Å². The van der Waals surface area contributed by atoms with E-state index in [4.69, 9.17) is 11.6 Å². The van der Waals surface area contributed by atoms with Crippen LogP contribution in [0.25, 0.3) is 11.0 Å². The van der Waals surface area contributed by atoms with Crippen LogP contribution in [0.5, 0.6) is 0 Å². The number of rotatable bonds is 4. The molecule has 4 rings (SSSR count). The van der Waals surface area contributed by atoms with E-state index in [1.54, 1.807) is 18.6 Å². The molecule has 1 saturated heterocycles. The third kappa shape index (κ3) is 2.99. The van der Waals surface area contributed by atoms with E-state index in [2.05, 4.69) is 37.3 Å². The van der Waals surface area contributed by atoms with Gasteiger partial charge in [0, 0.05) is 38.2 Å².